The number of aromatic nitrogens is 2. The normalized spacial score (nSPS) is 12.6. The van der Waals surface area contributed by atoms with Crippen LogP contribution in [0, 0.1) is 5.92 Å². The zero-order valence-corrected chi connectivity index (χ0v) is 11.0. The predicted octanol–water partition coefficient (Wildman–Crippen LogP) is 4.17. The van der Waals surface area contributed by atoms with Crippen molar-refractivity contribution >= 4 is 12.2 Å². The van der Waals surface area contributed by atoms with Crippen LogP contribution in [0.25, 0.3) is 12.2 Å². The number of nitrogens with zero attached hydrogens (tertiary/aromatic N) is 2. The standard InChI is InChI=1S/C14H22N2/c1-7-14-13(8-12(6)10(2)3)9-16(15-14)11(4)5/h7-11H,1H2,2-6H3/b12-8+. The maximum absolute atomic E-state index is 4.49. The molecule has 1 rings (SSSR count). The molecule has 0 radical (unpaired) electrons. The molecule has 0 unspecified atom stereocenters. The Kier molecular flexibility index (Phi) is 4.11. The Hall–Kier alpha value is -1.31. The Balaban J connectivity index is 3.13. The van der Waals surface area contributed by atoms with Crippen LogP contribution >= 0.6 is 0 Å². The first-order valence-electron chi connectivity index (χ1n) is 5.85. The van der Waals surface area contributed by atoms with Crippen LogP contribution in [0.1, 0.15) is 51.9 Å². The van der Waals surface area contributed by atoms with Crippen molar-refractivity contribution in [3.63, 3.8) is 0 Å². The lowest BCUT2D eigenvalue weighted by atomic mass is 10.0. The molecule has 2 heteroatoms. The van der Waals surface area contributed by atoms with E-state index in [9.17, 15) is 0 Å². The van der Waals surface area contributed by atoms with E-state index in [4.69, 9.17) is 0 Å². The van der Waals surface area contributed by atoms with Crippen LogP contribution < -0.4 is 0 Å². The Labute approximate surface area is 98.7 Å². The molecule has 1 aromatic heterocycles. The van der Waals surface area contributed by atoms with Crippen molar-refractivity contribution in [2.75, 3.05) is 0 Å². The largest absolute Gasteiger partial charge is 0.269 e. The fourth-order valence-corrected chi connectivity index (χ4v) is 1.37. The van der Waals surface area contributed by atoms with Crippen molar-refractivity contribution in [3.05, 3.63) is 29.6 Å². The first-order valence-corrected chi connectivity index (χ1v) is 5.85. The molecular formula is C14H22N2. The molecule has 1 aromatic rings. The highest BCUT2D eigenvalue weighted by Gasteiger charge is 2.07. The number of hydrogen-bond acceptors (Lipinski definition) is 1. The molecule has 1 heterocycles. The van der Waals surface area contributed by atoms with E-state index in [-0.39, 0.29) is 0 Å². The van der Waals surface area contributed by atoms with E-state index in [1.54, 1.807) is 0 Å². The Morgan fingerprint density at radius 2 is 2.00 bits per heavy atom. The fourth-order valence-electron chi connectivity index (χ4n) is 1.37. The van der Waals surface area contributed by atoms with Crippen LogP contribution in [0.2, 0.25) is 0 Å². The summed E-state index contributed by atoms with van der Waals surface area (Å²) in [4.78, 5) is 0. The molecule has 0 saturated heterocycles. The molecule has 0 aliphatic rings. The van der Waals surface area contributed by atoms with Gasteiger partial charge in [0.15, 0.2) is 0 Å². The summed E-state index contributed by atoms with van der Waals surface area (Å²) >= 11 is 0. The van der Waals surface area contributed by atoms with Gasteiger partial charge in [-0.15, -0.1) is 0 Å². The summed E-state index contributed by atoms with van der Waals surface area (Å²) in [6.45, 7) is 14.6. The van der Waals surface area contributed by atoms with Crippen molar-refractivity contribution in [1.82, 2.24) is 9.78 Å². The van der Waals surface area contributed by atoms with Gasteiger partial charge in [0.2, 0.25) is 0 Å². The van der Waals surface area contributed by atoms with Crippen molar-refractivity contribution in [2.24, 2.45) is 5.92 Å². The van der Waals surface area contributed by atoms with Crippen LogP contribution in [-0.2, 0) is 0 Å². The molecule has 2 nitrogen and oxygen atoms in total. The van der Waals surface area contributed by atoms with Gasteiger partial charge in [0, 0.05) is 17.8 Å². The van der Waals surface area contributed by atoms with Crippen molar-refractivity contribution in [1.29, 1.82) is 0 Å². The molecule has 0 spiro atoms. The van der Waals surface area contributed by atoms with Crippen LogP contribution in [0.3, 0.4) is 0 Å². The molecular weight excluding hydrogens is 196 g/mol. The lowest BCUT2D eigenvalue weighted by Gasteiger charge is -2.04. The van der Waals surface area contributed by atoms with E-state index >= 15 is 0 Å². The zero-order chi connectivity index (χ0) is 12.3. The van der Waals surface area contributed by atoms with Gasteiger partial charge in [-0.25, -0.2) is 0 Å². The number of rotatable bonds is 4. The van der Waals surface area contributed by atoms with Gasteiger partial charge in [-0.2, -0.15) is 5.10 Å². The van der Waals surface area contributed by atoms with E-state index in [0.29, 0.717) is 12.0 Å². The predicted molar refractivity (Wildman–Crippen MR) is 71.2 cm³/mol. The molecule has 88 valence electrons. The summed E-state index contributed by atoms with van der Waals surface area (Å²) in [5.74, 6) is 0.570. The molecule has 0 amide bonds. The van der Waals surface area contributed by atoms with Gasteiger partial charge in [-0.05, 0) is 32.8 Å². The second kappa shape index (κ2) is 5.15. The van der Waals surface area contributed by atoms with Crippen LogP contribution in [0.4, 0.5) is 0 Å². The first-order chi connectivity index (χ1) is 7.45. The number of allylic oxidation sites excluding steroid dienone is 1. The van der Waals surface area contributed by atoms with Gasteiger partial charge in [-0.1, -0.05) is 32.1 Å². The molecule has 0 fully saturated rings. The summed E-state index contributed by atoms with van der Waals surface area (Å²) in [6, 6.07) is 0.389. The van der Waals surface area contributed by atoms with E-state index in [1.807, 2.05) is 10.8 Å². The SMILES string of the molecule is C=Cc1nn(C(C)C)cc1/C=C(\C)C(C)C. The third-order valence-electron chi connectivity index (χ3n) is 2.81. The van der Waals surface area contributed by atoms with E-state index in [2.05, 4.69) is 58.6 Å². The summed E-state index contributed by atoms with van der Waals surface area (Å²) < 4.78 is 1.98. The van der Waals surface area contributed by atoms with E-state index in [1.165, 1.54) is 5.57 Å². The summed E-state index contributed by atoms with van der Waals surface area (Å²) in [7, 11) is 0. The third-order valence-corrected chi connectivity index (χ3v) is 2.81. The summed E-state index contributed by atoms with van der Waals surface area (Å²) in [5.41, 5.74) is 3.50. The van der Waals surface area contributed by atoms with Gasteiger partial charge < -0.3 is 0 Å². The molecule has 0 aromatic carbocycles. The fraction of sp³-hybridized carbons (Fsp3) is 0.500. The highest BCUT2D eigenvalue weighted by Crippen LogP contribution is 2.19. The van der Waals surface area contributed by atoms with Crippen molar-refractivity contribution < 1.29 is 0 Å². The van der Waals surface area contributed by atoms with Gasteiger partial charge in [0.1, 0.15) is 0 Å². The molecule has 0 bridgehead atoms. The second-order valence-corrected chi connectivity index (χ2v) is 4.79. The lowest BCUT2D eigenvalue weighted by Crippen LogP contribution is -2.00. The summed E-state index contributed by atoms with van der Waals surface area (Å²) in [6.07, 6.45) is 6.11. The minimum absolute atomic E-state index is 0.389. The molecule has 0 saturated carbocycles. The zero-order valence-electron chi connectivity index (χ0n) is 11.0. The monoisotopic (exact) mass is 218 g/mol. The molecule has 0 atom stereocenters. The average molecular weight is 218 g/mol. The number of hydrogen-bond donors (Lipinski definition) is 0. The lowest BCUT2D eigenvalue weighted by molar-refractivity contribution is 0.531. The highest BCUT2D eigenvalue weighted by molar-refractivity contribution is 5.62. The van der Waals surface area contributed by atoms with Gasteiger partial charge >= 0.3 is 0 Å². The van der Waals surface area contributed by atoms with Crippen molar-refractivity contribution in [2.45, 2.75) is 40.7 Å². The van der Waals surface area contributed by atoms with E-state index < -0.39 is 0 Å². The highest BCUT2D eigenvalue weighted by atomic mass is 15.3. The maximum Gasteiger partial charge on any atom is 0.0917 e. The molecule has 16 heavy (non-hydrogen) atoms. The minimum atomic E-state index is 0.389. The van der Waals surface area contributed by atoms with Crippen LogP contribution in [0.15, 0.2) is 18.3 Å². The van der Waals surface area contributed by atoms with Gasteiger partial charge in [0.25, 0.3) is 0 Å². The Morgan fingerprint density at radius 1 is 1.38 bits per heavy atom. The molecule has 0 N–H and O–H groups in total. The van der Waals surface area contributed by atoms with E-state index in [0.717, 1.165) is 11.3 Å². The van der Waals surface area contributed by atoms with Gasteiger partial charge in [0.05, 0.1) is 5.69 Å². The quantitative estimate of drug-likeness (QED) is 0.741. The first kappa shape index (κ1) is 12.8. The smallest absolute Gasteiger partial charge is 0.0917 e. The van der Waals surface area contributed by atoms with Crippen molar-refractivity contribution in [3.8, 4) is 0 Å². The Morgan fingerprint density at radius 3 is 2.44 bits per heavy atom. The maximum atomic E-state index is 4.49. The molecule has 0 aliphatic carbocycles. The van der Waals surface area contributed by atoms with Gasteiger partial charge in [-0.3, -0.25) is 4.68 Å². The summed E-state index contributed by atoms with van der Waals surface area (Å²) in [5, 5.41) is 4.49. The third kappa shape index (κ3) is 2.84. The minimum Gasteiger partial charge on any atom is -0.269 e. The topological polar surface area (TPSA) is 17.8 Å². The molecule has 0 aliphatic heterocycles. The second-order valence-electron chi connectivity index (χ2n) is 4.79. The Bertz CT molecular complexity index is 395. The van der Waals surface area contributed by atoms with Crippen LogP contribution in [-0.4, -0.2) is 9.78 Å². The average Bonchev–Trinajstić information content (AvgIpc) is 2.60. The van der Waals surface area contributed by atoms with Crippen LogP contribution in [0.5, 0.6) is 0 Å².